The van der Waals surface area contributed by atoms with Gasteiger partial charge in [0.25, 0.3) is 0 Å². The maximum atomic E-state index is 9.99. The van der Waals surface area contributed by atoms with Gasteiger partial charge in [0.05, 0.1) is 0 Å². The van der Waals surface area contributed by atoms with Crippen LogP contribution in [0.4, 0.5) is 0 Å². The summed E-state index contributed by atoms with van der Waals surface area (Å²) in [6, 6.07) is 6.04. The molecule has 0 radical (unpaired) electrons. The van der Waals surface area contributed by atoms with Crippen LogP contribution in [-0.2, 0) is 10.8 Å². The molecule has 0 heterocycles. The van der Waals surface area contributed by atoms with Crippen LogP contribution in [0.15, 0.2) is 18.2 Å². The van der Waals surface area contributed by atoms with E-state index in [0.717, 1.165) is 5.56 Å². The minimum atomic E-state index is 0. The second-order valence-corrected chi connectivity index (χ2v) is 6.23. The lowest BCUT2D eigenvalue weighted by molar-refractivity contribution is 0.443. The van der Waals surface area contributed by atoms with Gasteiger partial charge in [-0.25, -0.2) is 0 Å². The van der Waals surface area contributed by atoms with E-state index in [1.807, 2.05) is 12.1 Å². The van der Waals surface area contributed by atoms with Crippen molar-refractivity contribution in [3.05, 3.63) is 29.3 Å². The van der Waals surface area contributed by atoms with Crippen molar-refractivity contribution < 1.29 is 5.11 Å². The molecule has 0 unspecified atom stereocenters. The van der Waals surface area contributed by atoms with Gasteiger partial charge >= 0.3 is 0 Å². The van der Waals surface area contributed by atoms with Crippen molar-refractivity contribution in [2.45, 2.75) is 52.4 Å². The topological polar surface area (TPSA) is 20.2 Å². The molecule has 1 nitrogen and oxygen atoms in total. The highest BCUT2D eigenvalue weighted by Gasteiger charge is 2.20. The second-order valence-electron chi connectivity index (χ2n) is 6.23. The molecule has 0 bridgehead atoms. The molecule has 0 saturated carbocycles. The average molecular weight is 236 g/mol. The molecule has 90 valence electrons. The molecule has 16 heavy (non-hydrogen) atoms. The fourth-order valence-electron chi connectivity index (χ4n) is 1.63. The predicted molar refractivity (Wildman–Crippen MR) is 75.4 cm³/mol. The molecule has 1 aromatic rings. The molecule has 0 aliphatic rings. The Morgan fingerprint density at radius 1 is 0.875 bits per heavy atom. The molecule has 1 rings (SSSR count). The molecular formula is C14H25AlO. The quantitative estimate of drug-likeness (QED) is 0.687. The number of hydrogen-bond acceptors (Lipinski definition) is 1. The van der Waals surface area contributed by atoms with E-state index in [1.165, 1.54) is 5.56 Å². The van der Waals surface area contributed by atoms with Gasteiger partial charge in [0, 0.05) is 0 Å². The third-order valence-electron chi connectivity index (χ3n) is 2.67. The summed E-state index contributed by atoms with van der Waals surface area (Å²) in [4.78, 5) is 0. The Morgan fingerprint density at radius 2 is 1.38 bits per heavy atom. The maximum Gasteiger partial charge on any atom is 0.187 e. The lowest BCUT2D eigenvalue weighted by Crippen LogP contribution is -2.14. The monoisotopic (exact) mass is 236 g/mol. The highest BCUT2D eigenvalue weighted by Crippen LogP contribution is 2.34. The minimum Gasteiger partial charge on any atom is -0.508 e. The van der Waals surface area contributed by atoms with Crippen molar-refractivity contribution in [2.75, 3.05) is 0 Å². The Hall–Kier alpha value is -0.448. The van der Waals surface area contributed by atoms with Gasteiger partial charge in [-0.2, -0.15) is 0 Å². The molecule has 0 aromatic heterocycles. The van der Waals surface area contributed by atoms with Crippen LogP contribution in [0.1, 0.15) is 52.7 Å². The molecule has 0 aliphatic carbocycles. The molecule has 0 fully saturated rings. The van der Waals surface area contributed by atoms with Gasteiger partial charge in [0.1, 0.15) is 5.75 Å². The van der Waals surface area contributed by atoms with E-state index in [0.29, 0.717) is 5.75 Å². The van der Waals surface area contributed by atoms with Gasteiger partial charge in [-0.3, -0.25) is 0 Å². The molecule has 1 N–H and O–H groups in total. The van der Waals surface area contributed by atoms with E-state index < -0.39 is 0 Å². The molecule has 0 spiro atoms. The lowest BCUT2D eigenvalue weighted by atomic mass is 9.81. The summed E-state index contributed by atoms with van der Waals surface area (Å²) in [6.07, 6.45) is 0. The predicted octanol–water partition coefficient (Wildman–Crippen LogP) is 2.80. The fraction of sp³-hybridized carbons (Fsp3) is 0.571. The van der Waals surface area contributed by atoms with Crippen LogP contribution in [0.25, 0.3) is 0 Å². The van der Waals surface area contributed by atoms with Gasteiger partial charge in [0.15, 0.2) is 17.4 Å². The first-order valence-electron chi connectivity index (χ1n) is 5.46. The summed E-state index contributed by atoms with van der Waals surface area (Å²) < 4.78 is 0. The van der Waals surface area contributed by atoms with E-state index in [9.17, 15) is 5.11 Å². The first kappa shape index (κ1) is 15.6. The van der Waals surface area contributed by atoms with Gasteiger partial charge in [-0.05, 0) is 28.0 Å². The van der Waals surface area contributed by atoms with Crippen molar-refractivity contribution in [3.8, 4) is 5.75 Å². The van der Waals surface area contributed by atoms with E-state index in [-0.39, 0.29) is 28.2 Å². The molecule has 0 aliphatic heterocycles. The zero-order chi connectivity index (χ0) is 11.9. The van der Waals surface area contributed by atoms with Crippen LogP contribution < -0.4 is 0 Å². The zero-order valence-corrected chi connectivity index (χ0v) is 10.7. The van der Waals surface area contributed by atoms with Crippen molar-refractivity contribution in [3.63, 3.8) is 0 Å². The molecule has 0 amide bonds. The summed E-state index contributed by atoms with van der Waals surface area (Å²) in [5, 5.41) is 9.99. The van der Waals surface area contributed by atoms with Crippen molar-refractivity contribution in [1.29, 1.82) is 0 Å². The first-order chi connectivity index (χ1) is 6.62. The van der Waals surface area contributed by atoms with Gasteiger partial charge < -0.3 is 5.11 Å². The Morgan fingerprint density at radius 3 is 1.69 bits per heavy atom. The average Bonchev–Trinajstić information content (AvgIpc) is 1.99. The normalized spacial score (nSPS) is 12.1. The Bertz CT molecular complexity index is 356. The molecule has 0 saturated heterocycles. The van der Waals surface area contributed by atoms with Gasteiger partial charge in [0.2, 0.25) is 0 Å². The van der Waals surface area contributed by atoms with Crippen LogP contribution >= 0.6 is 0 Å². The number of aromatic hydroxyl groups is 1. The summed E-state index contributed by atoms with van der Waals surface area (Å²) in [6.45, 7) is 12.8. The van der Waals surface area contributed by atoms with Crippen LogP contribution in [0, 0.1) is 0 Å². The zero-order valence-electron chi connectivity index (χ0n) is 10.7. The summed E-state index contributed by atoms with van der Waals surface area (Å²) in [7, 11) is 0. The summed E-state index contributed by atoms with van der Waals surface area (Å²) >= 11 is 0. The third kappa shape index (κ3) is 3.54. The number of hydrogen-bond donors (Lipinski definition) is 1. The highest BCUT2D eigenvalue weighted by atomic mass is 27.0. The maximum absolute atomic E-state index is 9.99. The number of phenolic OH excluding ortho intramolecular Hbond substituents is 1. The third-order valence-corrected chi connectivity index (χ3v) is 2.67. The molecule has 0 atom stereocenters. The fourth-order valence-corrected chi connectivity index (χ4v) is 1.63. The SMILES string of the molecule is CC(C)(C)c1ccc(C(C)(C)C)c(O)c1.[AlH3]. The van der Waals surface area contributed by atoms with Crippen LogP contribution in [0.5, 0.6) is 5.75 Å². The van der Waals surface area contributed by atoms with E-state index >= 15 is 0 Å². The van der Waals surface area contributed by atoms with Crippen molar-refractivity contribution in [1.82, 2.24) is 0 Å². The standard InChI is InChI=1S/C14H22O.Al.3H/c1-13(2,3)10-7-8-11(12(15)9-10)14(4,5)6;;;;/h7-9,15H,1-6H3;;;;. The molecular weight excluding hydrogens is 211 g/mol. The summed E-state index contributed by atoms with van der Waals surface area (Å²) in [5.41, 5.74) is 2.28. The smallest absolute Gasteiger partial charge is 0.187 e. The number of phenols is 1. The molecule has 1 aromatic carbocycles. The van der Waals surface area contributed by atoms with E-state index in [1.54, 1.807) is 0 Å². The first-order valence-corrected chi connectivity index (χ1v) is 5.46. The van der Waals surface area contributed by atoms with E-state index in [4.69, 9.17) is 0 Å². The Balaban J connectivity index is 0.00000225. The minimum absolute atomic E-state index is 0. The van der Waals surface area contributed by atoms with E-state index in [2.05, 4.69) is 47.6 Å². The molecule has 2 heteroatoms. The van der Waals surface area contributed by atoms with Gasteiger partial charge in [-0.15, -0.1) is 0 Å². The van der Waals surface area contributed by atoms with Gasteiger partial charge in [-0.1, -0.05) is 53.7 Å². The second kappa shape index (κ2) is 4.82. The Labute approximate surface area is 110 Å². The number of rotatable bonds is 0. The summed E-state index contributed by atoms with van der Waals surface area (Å²) in [5.74, 6) is 0.412. The van der Waals surface area contributed by atoms with Crippen LogP contribution in [0.3, 0.4) is 0 Å². The Kier molecular flexibility index (Phi) is 4.68. The van der Waals surface area contributed by atoms with Crippen LogP contribution in [-0.4, -0.2) is 22.5 Å². The van der Waals surface area contributed by atoms with Crippen molar-refractivity contribution >= 4 is 17.4 Å². The van der Waals surface area contributed by atoms with Crippen molar-refractivity contribution in [2.24, 2.45) is 0 Å². The lowest BCUT2D eigenvalue weighted by Gasteiger charge is -2.24. The largest absolute Gasteiger partial charge is 0.508 e. The highest BCUT2D eigenvalue weighted by molar-refractivity contribution is 5.75. The van der Waals surface area contributed by atoms with Crippen LogP contribution in [0.2, 0.25) is 0 Å². The number of benzene rings is 1.